The number of rotatable bonds is 8. The normalized spacial score (nSPS) is 10.3. The molecule has 0 radical (unpaired) electrons. The maximum absolute atomic E-state index is 12.2. The molecular weight excluding hydrogens is 378 g/mol. The van der Waals surface area contributed by atoms with Gasteiger partial charge in [0.05, 0.1) is 22.6 Å². The van der Waals surface area contributed by atoms with Crippen LogP contribution in [-0.4, -0.2) is 30.8 Å². The molecular formula is C20H19N3O4S. The van der Waals surface area contributed by atoms with Crippen LogP contribution in [0, 0.1) is 0 Å². The minimum atomic E-state index is -0.375. The van der Waals surface area contributed by atoms with E-state index in [0.29, 0.717) is 29.4 Å². The van der Waals surface area contributed by atoms with E-state index in [-0.39, 0.29) is 23.5 Å². The molecule has 0 bridgehead atoms. The lowest BCUT2D eigenvalue weighted by Gasteiger charge is -2.06. The van der Waals surface area contributed by atoms with Crippen LogP contribution < -0.4 is 16.0 Å². The van der Waals surface area contributed by atoms with Crippen LogP contribution in [0.3, 0.4) is 0 Å². The van der Waals surface area contributed by atoms with Gasteiger partial charge >= 0.3 is 0 Å². The van der Waals surface area contributed by atoms with Gasteiger partial charge in [0.2, 0.25) is 5.91 Å². The molecule has 0 saturated carbocycles. The molecule has 3 amide bonds. The highest BCUT2D eigenvalue weighted by molar-refractivity contribution is 7.18. The Kier molecular flexibility index (Phi) is 6.59. The summed E-state index contributed by atoms with van der Waals surface area (Å²) in [6, 6.07) is 15.9. The first-order valence-electron chi connectivity index (χ1n) is 8.65. The molecule has 8 heteroatoms. The summed E-state index contributed by atoms with van der Waals surface area (Å²) in [7, 11) is 0. The van der Waals surface area contributed by atoms with Crippen molar-refractivity contribution in [2.75, 3.05) is 18.4 Å². The van der Waals surface area contributed by atoms with E-state index in [2.05, 4.69) is 16.0 Å². The zero-order valence-electron chi connectivity index (χ0n) is 14.9. The SMILES string of the molecule is O=C(Cc1ccccc1)NCCNC(=O)c1ccc(NC(=O)c2ccco2)s1. The Bertz CT molecular complexity index is 936. The summed E-state index contributed by atoms with van der Waals surface area (Å²) in [6.07, 6.45) is 1.72. The van der Waals surface area contributed by atoms with Crippen LogP contribution >= 0.6 is 11.3 Å². The number of carbonyl (C=O) groups is 3. The number of carbonyl (C=O) groups excluding carboxylic acids is 3. The monoisotopic (exact) mass is 397 g/mol. The van der Waals surface area contributed by atoms with Gasteiger partial charge in [0.1, 0.15) is 0 Å². The van der Waals surface area contributed by atoms with Crippen molar-refractivity contribution in [3.8, 4) is 0 Å². The molecule has 0 unspecified atom stereocenters. The van der Waals surface area contributed by atoms with Gasteiger partial charge in [-0.05, 0) is 29.8 Å². The van der Waals surface area contributed by atoms with E-state index < -0.39 is 0 Å². The minimum Gasteiger partial charge on any atom is -0.459 e. The fourth-order valence-corrected chi connectivity index (χ4v) is 3.23. The quantitative estimate of drug-likeness (QED) is 0.509. The summed E-state index contributed by atoms with van der Waals surface area (Å²) in [4.78, 5) is 36.4. The molecule has 0 aliphatic carbocycles. The van der Waals surface area contributed by atoms with E-state index in [0.717, 1.165) is 16.9 Å². The number of hydrogen-bond donors (Lipinski definition) is 3. The van der Waals surface area contributed by atoms with Crippen LogP contribution in [0.25, 0.3) is 0 Å². The highest BCUT2D eigenvalue weighted by atomic mass is 32.1. The minimum absolute atomic E-state index is 0.0977. The molecule has 1 aromatic carbocycles. The first-order chi connectivity index (χ1) is 13.6. The second kappa shape index (κ2) is 9.52. The fraction of sp³-hybridized carbons (Fsp3) is 0.150. The molecule has 0 spiro atoms. The Morgan fingerprint density at radius 3 is 2.39 bits per heavy atom. The standard InChI is InChI=1S/C20H19N3O4S/c24-17(13-14-5-2-1-3-6-14)21-10-11-22-20(26)16-8-9-18(28-16)23-19(25)15-7-4-12-27-15/h1-9,12H,10-11,13H2,(H,21,24)(H,22,26)(H,23,25). The molecule has 0 aliphatic rings. The highest BCUT2D eigenvalue weighted by Crippen LogP contribution is 2.22. The molecule has 144 valence electrons. The molecule has 2 aromatic heterocycles. The molecule has 0 saturated heterocycles. The van der Waals surface area contributed by atoms with E-state index in [4.69, 9.17) is 4.42 Å². The average Bonchev–Trinajstić information content (AvgIpc) is 3.38. The van der Waals surface area contributed by atoms with Crippen molar-refractivity contribution in [2.24, 2.45) is 0 Å². The summed E-state index contributed by atoms with van der Waals surface area (Å²) in [6.45, 7) is 0.649. The van der Waals surface area contributed by atoms with Crippen molar-refractivity contribution in [1.82, 2.24) is 10.6 Å². The summed E-state index contributed by atoms with van der Waals surface area (Å²) in [5, 5.41) is 8.72. The molecule has 0 aliphatic heterocycles. The summed E-state index contributed by atoms with van der Waals surface area (Å²) < 4.78 is 5.02. The van der Waals surface area contributed by atoms with Crippen molar-refractivity contribution >= 4 is 34.1 Å². The van der Waals surface area contributed by atoms with Crippen molar-refractivity contribution in [1.29, 1.82) is 0 Å². The number of hydrogen-bond acceptors (Lipinski definition) is 5. The zero-order chi connectivity index (χ0) is 19.8. The second-order valence-electron chi connectivity index (χ2n) is 5.86. The van der Waals surface area contributed by atoms with Gasteiger partial charge in [-0.15, -0.1) is 11.3 Å². The topological polar surface area (TPSA) is 100 Å². The van der Waals surface area contributed by atoms with Crippen LogP contribution in [0.15, 0.2) is 65.3 Å². The van der Waals surface area contributed by atoms with E-state index in [1.54, 1.807) is 24.3 Å². The molecule has 7 nitrogen and oxygen atoms in total. The maximum Gasteiger partial charge on any atom is 0.291 e. The van der Waals surface area contributed by atoms with Crippen molar-refractivity contribution in [3.63, 3.8) is 0 Å². The van der Waals surface area contributed by atoms with Crippen LogP contribution in [0.4, 0.5) is 5.00 Å². The largest absolute Gasteiger partial charge is 0.459 e. The van der Waals surface area contributed by atoms with Gasteiger partial charge in [0.15, 0.2) is 5.76 Å². The van der Waals surface area contributed by atoms with Crippen LogP contribution in [-0.2, 0) is 11.2 Å². The van der Waals surface area contributed by atoms with Gasteiger partial charge in [0, 0.05) is 13.1 Å². The lowest BCUT2D eigenvalue weighted by molar-refractivity contribution is -0.120. The number of benzene rings is 1. The fourth-order valence-electron chi connectivity index (χ4n) is 2.42. The number of anilines is 1. The third kappa shape index (κ3) is 5.55. The molecule has 2 heterocycles. The number of amides is 3. The number of nitrogens with one attached hydrogen (secondary N) is 3. The smallest absolute Gasteiger partial charge is 0.291 e. The Balaban J connectivity index is 1.38. The summed E-state index contributed by atoms with van der Waals surface area (Å²) in [5.74, 6) is -0.536. The molecule has 3 rings (SSSR count). The zero-order valence-corrected chi connectivity index (χ0v) is 15.8. The lowest BCUT2D eigenvalue weighted by Crippen LogP contribution is -2.35. The highest BCUT2D eigenvalue weighted by Gasteiger charge is 2.13. The molecule has 3 aromatic rings. The predicted octanol–water partition coefficient (Wildman–Crippen LogP) is 2.68. The number of furan rings is 1. The van der Waals surface area contributed by atoms with Gasteiger partial charge in [-0.1, -0.05) is 30.3 Å². The van der Waals surface area contributed by atoms with Gasteiger partial charge in [0.25, 0.3) is 11.8 Å². The van der Waals surface area contributed by atoms with Crippen molar-refractivity contribution < 1.29 is 18.8 Å². The van der Waals surface area contributed by atoms with Gasteiger partial charge < -0.3 is 20.4 Å². The third-order valence-corrected chi connectivity index (χ3v) is 4.75. The van der Waals surface area contributed by atoms with Gasteiger partial charge in [-0.25, -0.2) is 0 Å². The van der Waals surface area contributed by atoms with E-state index in [1.807, 2.05) is 30.3 Å². The second-order valence-corrected chi connectivity index (χ2v) is 6.95. The molecule has 0 atom stereocenters. The Labute approximate surface area is 165 Å². The van der Waals surface area contributed by atoms with Crippen LogP contribution in [0.2, 0.25) is 0 Å². The van der Waals surface area contributed by atoms with Gasteiger partial charge in [-0.2, -0.15) is 0 Å². The Morgan fingerprint density at radius 1 is 0.857 bits per heavy atom. The molecule has 0 fully saturated rings. The van der Waals surface area contributed by atoms with Gasteiger partial charge in [-0.3, -0.25) is 14.4 Å². The summed E-state index contributed by atoms with van der Waals surface area (Å²) in [5.41, 5.74) is 0.937. The predicted molar refractivity (Wildman–Crippen MR) is 106 cm³/mol. The van der Waals surface area contributed by atoms with Crippen molar-refractivity contribution in [2.45, 2.75) is 6.42 Å². The third-order valence-electron chi connectivity index (χ3n) is 3.75. The average molecular weight is 397 g/mol. The summed E-state index contributed by atoms with van der Waals surface area (Å²) >= 11 is 1.16. The van der Waals surface area contributed by atoms with E-state index >= 15 is 0 Å². The first kappa shape index (κ1) is 19.4. The van der Waals surface area contributed by atoms with E-state index in [9.17, 15) is 14.4 Å². The maximum atomic E-state index is 12.2. The van der Waals surface area contributed by atoms with Crippen LogP contribution in [0.5, 0.6) is 0 Å². The number of thiophene rings is 1. The first-order valence-corrected chi connectivity index (χ1v) is 9.47. The van der Waals surface area contributed by atoms with Crippen molar-refractivity contribution in [3.05, 3.63) is 77.1 Å². The van der Waals surface area contributed by atoms with E-state index in [1.165, 1.54) is 6.26 Å². The Hall–Kier alpha value is -3.39. The lowest BCUT2D eigenvalue weighted by atomic mass is 10.1. The molecule has 28 heavy (non-hydrogen) atoms. The molecule has 3 N–H and O–H groups in total. The van der Waals surface area contributed by atoms with Crippen LogP contribution in [0.1, 0.15) is 25.8 Å². The Morgan fingerprint density at radius 2 is 1.64 bits per heavy atom.